The summed E-state index contributed by atoms with van der Waals surface area (Å²) in [4.78, 5) is 32.2. The second-order valence-corrected chi connectivity index (χ2v) is 11.2. The molecule has 1 saturated carbocycles. The average molecular weight is 580 g/mol. The highest BCUT2D eigenvalue weighted by atomic mass is 19.1. The summed E-state index contributed by atoms with van der Waals surface area (Å²) in [5.74, 6) is 1.48. The molecule has 2 aliphatic rings. The number of benzene rings is 2. The van der Waals surface area contributed by atoms with Gasteiger partial charge in [-0.1, -0.05) is 6.58 Å². The number of aryl methyl sites for hydroxylation is 1. The number of fused-ring (bicyclic) bond motifs is 3. The Morgan fingerprint density at radius 3 is 2.79 bits per heavy atom. The predicted octanol–water partition coefficient (Wildman–Crippen LogP) is 6.31. The van der Waals surface area contributed by atoms with Crippen LogP contribution in [0.1, 0.15) is 42.1 Å². The first-order valence-electron chi connectivity index (χ1n) is 14.3. The standard InChI is InChI=1S/C33H34FN7O2/c1-6-30(42)41-17-20-13-21(15-22(41)14-20)24-8-9-26(35-3)32(38-24)33(36-4)39-25-10-12-29(19(2)31(25)34)43-23-7-11-28-27(16-23)37-18-40(28)5/h6-12,16,18,20-22H,1,3,13-15,17H2,2,4-5H3,(H,36,39)/t20-,21+,22-/m1/s1. The number of hydrogen-bond acceptors (Lipinski definition) is 6. The third-order valence-electron chi connectivity index (χ3n) is 8.58. The van der Waals surface area contributed by atoms with Gasteiger partial charge in [0.05, 0.1) is 28.7 Å². The van der Waals surface area contributed by atoms with Gasteiger partial charge in [-0.15, -0.1) is 0 Å². The first-order valence-corrected chi connectivity index (χ1v) is 14.3. The molecule has 1 N–H and O–H groups in total. The number of halogens is 1. The van der Waals surface area contributed by atoms with Crippen molar-refractivity contribution in [2.75, 3.05) is 18.9 Å². The third-order valence-corrected chi connectivity index (χ3v) is 8.58. The molecular weight excluding hydrogens is 545 g/mol. The summed E-state index contributed by atoms with van der Waals surface area (Å²) in [6.07, 6.45) is 5.92. The van der Waals surface area contributed by atoms with E-state index in [1.54, 1.807) is 32.4 Å². The van der Waals surface area contributed by atoms with Crippen molar-refractivity contribution < 1.29 is 13.9 Å². The van der Waals surface area contributed by atoms with Crippen LogP contribution in [-0.2, 0) is 11.8 Å². The van der Waals surface area contributed by atoms with E-state index in [1.807, 2.05) is 46.8 Å². The molecule has 1 saturated heterocycles. The van der Waals surface area contributed by atoms with Crippen molar-refractivity contribution in [3.8, 4) is 11.5 Å². The Hall–Kier alpha value is -4.86. The van der Waals surface area contributed by atoms with Crippen LogP contribution in [0.4, 0.5) is 15.8 Å². The maximum atomic E-state index is 15.7. The van der Waals surface area contributed by atoms with E-state index in [1.165, 1.54) is 6.08 Å². The number of nitrogens with one attached hydrogen (secondary N) is 1. The lowest BCUT2D eigenvalue weighted by Crippen LogP contribution is -2.34. The molecule has 6 rings (SSSR count). The molecule has 1 amide bonds. The van der Waals surface area contributed by atoms with Gasteiger partial charge >= 0.3 is 0 Å². The number of ether oxygens (including phenoxy) is 1. The Bertz CT molecular complexity index is 1780. The highest BCUT2D eigenvalue weighted by molar-refractivity contribution is 6.10. The molecule has 2 fully saturated rings. The number of carbonyl (C=O) groups excluding carboxylic acids is 1. The molecule has 2 bridgehead atoms. The molecule has 0 unspecified atom stereocenters. The van der Waals surface area contributed by atoms with Crippen molar-refractivity contribution in [3.63, 3.8) is 0 Å². The summed E-state index contributed by atoms with van der Waals surface area (Å²) in [6.45, 7) is 9.80. The molecule has 4 aromatic rings. The van der Waals surface area contributed by atoms with Crippen molar-refractivity contribution >= 4 is 40.9 Å². The molecule has 2 aromatic carbocycles. The summed E-state index contributed by atoms with van der Waals surface area (Å²) in [5, 5.41) is 3.13. The highest BCUT2D eigenvalue weighted by Gasteiger charge is 2.41. The number of nitrogens with zero attached hydrogens (tertiary/aromatic N) is 6. The lowest BCUT2D eigenvalue weighted by Gasteiger charge is -2.29. The van der Waals surface area contributed by atoms with E-state index in [-0.39, 0.29) is 23.6 Å². The number of hydrogen-bond donors (Lipinski definition) is 1. The van der Waals surface area contributed by atoms with Gasteiger partial charge in [0.1, 0.15) is 17.2 Å². The van der Waals surface area contributed by atoms with Crippen LogP contribution in [0, 0.1) is 18.7 Å². The number of anilines is 1. The molecule has 43 heavy (non-hydrogen) atoms. The SMILES string of the molecule is C=CC(=O)N1C[C@@H]2C[C@H](c3ccc(N=C)c(C(=NC)Nc4ccc(Oc5ccc6c(c5)ncn6C)c(C)c4F)n3)C[C@H]1C2. The van der Waals surface area contributed by atoms with E-state index in [0.717, 1.165) is 42.5 Å². The fourth-order valence-corrected chi connectivity index (χ4v) is 6.39. The van der Waals surface area contributed by atoms with Gasteiger partial charge in [-0.25, -0.2) is 14.4 Å². The second-order valence-electron chi connectivity index (χ2n) is 11.2. The van der Waals surface area contributed by atoms with E-state index in [0.29, 0.717) is 40.2 Å². The molecule has 220 valence electrons. The Kier molecular flexibility index (Phi) is 7.52. The van der Waals surface area contributed by atoms with Gasteiger partial charge in [-0.2, -0.15) is 0 Å². The summed E-state index contributed by atoms with van der Waals surface area (Å²) < 4.78 is 23.7. The van der Waals surface area contributed by atoms with Gasteiger partial charge in [0, 0.05) is 49.9 Å². The molecule has 0 radical (unpaired) electrons. The molecule has 9 nitrogen and oxygen atoms in total. The number of aliphatic imine (C=N–C) groups is 2. The van der Waals surface area contributed by atoms with Gasteiger partial charge < -0.3 is 19.5 Å². The fraction of sp³-hybridized carbons (Fsp3) is 0.303. The summed E-state index contributed by atoms with van der Waals surface area (Å²) >= 11 is 0. The Morgan fingerprint density at radius 1 is 1.19 bits per heavy atom. The zero-order chi connectivity index (χ0) is 30.2. The predicted molar refractivity (Wildman–Crippen MR) is 167 cm³/mol. The van der Waals surface area contributed by atoms with Crippen LogP contribution < -0.4 is 10.1 Å². The van der Waals surface area contributed by atoms with E-state index >= 15 is 4.39 Å². The molecule has 10 heteroatoms. The lowest BCUT2D eigenvalue weighted by atomic mass is 9.80. The largest absolute Gasteiger partial charge is 0.457 e. The molecule has 0 spiro atoms. The van der Waals surface area contributed by atoms with Crippen LogP contribution in [0.25, 0.3) is 11.0 Å². The monoisotopic (exact) mass is 579 g/mol. The van der Waals surface area contributed by atoms with Crippen LogP contribution in [0.3, 0.4) is 0 Å². The van der Waals surface area contributed by atoms with Gasteiger partial charge in [0.15, 0.2) is 11.7 Å². The molecule has 1 aliphatic heterocycles. The number of amidine groups is 1. The maximum Gasteiger partial charge on any atom is 0.246 e. The summed E-state index contributed by atoms with van der Waals surface area (Å²) in [7, 11) is 3.55. The Balaban J connectivity index is 1.23. The van der Waals surface area contributed by atoms with E-state index in [4.69, 9.17) is 9.72 Å². The lowest BCUT2D eigenvalue weighted by molar-refractivity contribution is -0.126. The smallest absolute Gasteiger partial charge is 0.246 e. The van der Waals surface area contributed by atoms with Crippen molar-refractivity contribution in [3.05, 3.63) is 84.2 Å². The minimum Gasteiger partial charge on any atom is -0.457 e. The molecule has 2 aromatic heterocycles. The van der Waals surface area contributed by atoms with Crippen molar-refractivity contribution in [2.24, 2.45) is 23.0 Å². The van der Waals surface area contributed by atoms with Crippen molar-refractivity contribution in [1.29, 1.82) is 0 Å². The quantitative estimate of drug-likeness (QED) is 0.157. The molecular formula is C33H34FN7O2. The fourth-order valence-electron chi connectivity index (χ4n) is 6.39. The topological polar surface area (TPSA) is 97.0 Å². The molecule has 3 atom stereocenters. The van der Waals surface area contributed by atoms with Crippen molar-refractivity contribution in [2.45, 2.75) is 38.1 Å². The number of amides is 1. The van der Waals surface area contributed by atoms with E-state index < -0.39 is 5.82 Å². The zero-order valence-electron chi connectivity index (χ0n) is 24.5. The minimum atomic E-state index is -0.460. The number of pyridine rings is 1. The average Bonchev–Trinajstić information content (AvgIpc) is 3.55. The maximum absolute atomic E-state index is 15.7. The van der Waals surface area contributed by atoms with Gasteiger partial charge in [-0.3, -0.25) is 14.8 Å². The summed E-state index contributed by atoms with van der Waals surface area (Å²) in [6, 6.07) is 13.0. The van der Waals surface area contributed by atoms with E-state index in [9.17, 15) is 4.79 Å². The number of rotatable bonds is 7. The Morgan fingerprint density at radius 2 is 2.02 bits per heavy atom. The normalized spacial score (nSPS) is 19.9. The van der Waals surface area contributed by atoms with Crippen LogP contribution >= 0.6 is 0 Å². The second kappa shape index (κ2) is 11.4. The number of imidazole rings is 1. The summed E-state index contributed by atoms with van der Waals surface area (Å²) in [5.41, 5.74) is 4.30. The molecule has 1 aliphatic carbocycles. The van der Waals surface area contributed by atoms with Gasteiger partial charge in [-0.05, 0) is 81.3 Å². The van der Waals surface area contributed by atoms with Crippen LogP contribution in [0.2, 0.25) is 0 Å². The number of aromatic nitrogens is 3. The number of likely N-dealkylation sites (tertiary alicyclic amines) is 1. The Labute approximate surface area is 249 Å². The van der Waals surface area contributed by atoms with Gasteiger partial charge in [0.2, 0.25) is 5.91 Å². The molecule has 3 heterocycles. The van der Waals surface area contributed by atoms with Gasteiger partial charge in [0.25, 0.3) is 0 Å². The van der Waals surface area contributed by atoms with Crippen LogP contribution in [-0.4, -0.2) is 57.5 Å². The van der Waals surface area contributed by atoms with Crippen molar-refractivity contribution in [1.82, 2.24) is 19.4 Å². The third kappa shape index (κ3) is 5.29. The minimum absolute atomic E-state index is 0.0133. The van der Waals surface area contributed by atoms with E-state index in [2.05, 4.69) is 33.6 Å². The first kappa shape index (κ1) is 28.3. The number of carbonyl (C=O) groups is 1. The highest BCUT2D eigenvalue weighted by Crippen LogP contribution is 2.43. The zero-order valence-corrected chi connectivity index (χ0v) is 24.5. The van der Waals surface area contributed by atoms with Crippen LogP contribution in [0.15, 0.2) is 71.4 Å². The van der Waals surface area contributed by atoms with Crippen LogP contribution in [0.5, 0.6) is 11.5 Å². The first-order chi connectivity index (χ1) is 20.8.